The van der Waals surface area contributed by atoms with E-state index < -0.39 is 0 Å². The monoisotopic (exact) mass is 367 g/mol. The minimum Gasteiger partial charge on any atom is -0.368 e. The number of rotatable bonds is 7. The van der Waals surface area contributed by atoms with Crippen LogP contribution in [0, 0.1) is 6.92 Å². The van der Waals surface area contributed by atoms with Gasteiger partial charge in [0.15, 0.2) is 5.78 Å². The summed E-state index contributed by atoms with van der Waals surface area (Å²) in [5, 5.41) is 6.11. The molecule has 1 saturated heterocycles. The third-order valence-electron chi connectivity index (χ3n) is 4.52. The molecule has 7 heteroatoms. The molecule has 1 aromatic heterocycles. The number of benzene rings is 1. The summed E-state index contributed by atoms with van der Waals surface area (Å²) in [6, 6.07) is 8.61. The van der Waals surface area contributed by atoms with Crippen LogP contribution >= 0.6 is 0 Å². The van der Waals surface area contributed by atoms with E-state index in [0.717, 1.165) is 30.5 Å². The van der Waals surface area contributed by atoms with E-state index in [4.69, 9.17) is 0 Å². The number of nitrogens with one attached hydrogen (secondary N) is 2. The van der Waals surface area contributed by atoms with Crippen LogP contribution in [0.25, 0.3) is 0 Å². The van der Waals surface area contributed by atoms with E-state index in [9.17, 15) is 9.59 Å². The van der Waals surface area contributed by atoms with Gasteiger partial charge in [-0.15, -0.1) is 0 Å². The molecule has 1 aliphatic rings. The zero-order valence-electron chi connectivity index (χ0n) is 15.8. The van der Waals surface area contributed by atoms with E-state index in [1.165, 1.54) is 19.8 Å². The molecular formula is C20H25N5O2. The molecule has 7 nitrogen and oxygen atoms in total. The van der Waals surface area contributed by atoms with Crippen molar-refractivity contribution in [2.45, 2.75) is 26.7 Å². The van der Waals surface area contributed by atoms with Gasteiger partial charge in [0.1, 0.15) is 17.5 Å². The Morgan fingerprint density at radius 3 is 2.37 bits per heavy atom. The molecule has 3 rings (SSSR count). The highest BCUT2D eigenvalue weighted by Gasteiger charge is 2.15. The number of Topliss-reactive ketones (excluding diaryl/α,β-unsaturated/α-hetero) is 1. The zero-order valence-corrected chi connectivity index (χ0v) is 15.8. The SMILES string of the molecule is CC(=O)c1ccc(C(=O)NCCNc2cc(N3CCCC3)nc(C)n2)cc1. The van der Waals surface area contributed by atoms with Crippen molar-refractivity contribution in [2.24, 2.45) is 0 Å². The highest BCUT2D eigenvalue weighted by molar-refractivity contribution is 5.97. The van der Waals surface area contributed by atoms with Crippen LogP contribution in [0.4, 0.5) is 11.6 Å². The van der Waals surface area contributed by atoms with Crippen molar-refractivity contribution in [3.8, 4) is 0 Å². The van der Waals surface area contributed by atoms with Crippen LogP contribution in [0.3, 0.4) is 0 Å². The molecule has 0 bridgehead atoms. The molecule has 2 heterocycles. The van der Waals surface area contributed by atoms with Gasteiger partial charge >= 0.3 is 0 Å². The maximum absolute atomic E-state index is 12.2. The van der Waals surface area contributed by atoms with E-state index in [0.29, 0.717) is 24.2 Å². The Hall–Kier alpha value is -2.96. The van der Waals surface area contributed by atoms with Crippen LogP contribution in [-0.2, 0) is 0 Å². The van der Waals surface area contributed by atoms with Crippen molar-refractivity contribution in [1.82, 2.24) is 15.3 Å². The van der Waals surface area contributed by atoms with Crippen LogP contribution in [0.5, 0.6) is 0 Å². The summed E-state index contributed by atoms with van der Waals surface area (Å²) in [6.45, 7) is 6.49. The number of ketones is 1. The third-order valence-corrected chi connectivity index (χ3v) is 4.52. The Labute approximate surface area is 159 Å². The molecule has 0 saturated carbocycles. The summed E-state index contributed by atoms with van der Waals surface area (Å²) in [5.74, 6) is 2.28. The van der Waals surface area contributed by atoms with Crippen LogP contribution in [0.2, 0.25) is 0 Å². The summed E-state index contributed by atoms with van der Waals surface area (Å²) in [4.78, 5) is 34.6. The molecule has 27 heavy (non-hydrogen) atoms. The quantitative estimate of drug-likeness (QED) is 0.577. The van der Waals surface area contributed by atoms with Gasteiger partial charge in [0.25, 0.3) is 5.91 Å². The lowest BCUT2D eigenvalue weighted by Gasteiger charge is -2.17. The summed E-state index contributed by atoms with van der Waals surface area (Å²) in [6.07, 6.45) is 2.40. The van der Waals surface area contributed by atoms with Crippen molar-refractivity contribution in [2.75, 3.05) is 36.4 Å². The van der Waals surface area contributed by atoms with Gasteiger partial charge in [-0.25, -0.2) is 9.97 Å². The van der Waals surface area contributed by atoms with Crippen LogP contribution < -0.4 is 15.5 Å². The van der Waals surface area contributed by atoms with E-state index in [2.05, 4.69) is 25.5 Å². The first-order chi connectivity index (χ1) is 13.0. The molecule has 0 aliphatic carbocycles. The number of hydrogen-bond donors (Lipinski definition) is 2. The van der Waals surface area contributed by atoms with E-state index in [-0.39, 0.29) is 11.7 Å². The molecule has 1 fully saturated rings. The van der Waals surface area contributed by atoms with Gasteiger partial charge in [-0.1, -0.05) is 12.1 Å². The van der Waals surface area contributed by atoms with Gasteiger partial charge in [0.2, 0.25) is 0 Å². The lowest BCUT2D eigenvalue weighted by molar-refractivity contribution is 0.0953. The number of carbonyl (C=O) groups is 2. The number of aromatic nitrogens is 2. The fourth-order valence-electron chi connectivity index (χ4n) is 3.08. The van der Waals surface area contributed by atoms with Gasteiger partial charge < -0.3 is 15.5 Å². The standard InChI is InChI=1S/C20H25N5O2/c1-14(26)16-5-7-17(8-6-16)20(27)22-10-9-21-18-13-19(24-15(2)23-18)25-11-3-4-12-25/h5-8,13H,3-4,9-12H2,1-2H3,(H,22,27)(H,21,23,24). The first-order valence-electron chi connectivity index (χ1n) is 9.26. The van der Waals surface area contributed by atoms with E-state index in [1.807, 2.05) is 13.0 Å². The summed E-state index contributed by atoms with van der Waals surface area (Å²) in [7, 11) is 0. The Balaban J connectivity index is 1.49. The molecule has 1 amide bonds. The Morgan fingerprint density at radius 2 is 1.70 bits per heavy atom. The minimum atomic E-state index is -0.163. The largest absolute Gasteiger partial charge is 0.368 e. The van der Waals surface area contributed by atoms with Crippen molar-refractivity contribution in [1.29, 1.82) is 0 Å². The Bertz CT molecular complexity index is 814. The second-order valence-corrected chi connectivity index (χ2v) is 6.67. The number of carbonyl (C=O) groups excluding carboxylic acids is 2. The number of anilines is 2. The zero-order chi connectivity index (χ0) is 19.2. The highest BCUT2D eigenvalue weighted by Crippen LogP contribution is 2.20. The average Bonchev–Trinajstić information content (AvgIpc) is 3.19. The molecule has 0 atom stereocenters. The molecular weight excluding hydrogens is 342 g/mol. The van der Waals surface area contributed by atoms with Gasteiger partial charge in [-0.2, -0.15) is 0 Å². The summed E-state index contributed by atoms with van der Waals surface area (Å²) >= 11 is 0. The first kappa shape index (κ1) is 18.8. The Morgan fingerprint density at radius 1 is 1.04 bits per heavy atom. The summed E-state index contributed by atoms with van der Waals surface area (Å²) in [5.41, 5.74) is 1.13. The average molecular weight is 367 g/mol. The predicted octanol–water partition coefficient (Wildman–Crippen LogP) is 2.43. The smallest absolute Gasteiger partial charge is 0.251 e. The molecule has 0 spiro atoms. The van der Waals surface area contributed by atoms with Crippen molar-refractivity contribution < 1.29 is 9.59 Å². The van der Waals surface area contributed by atoms with Crippen molar-refractivity contribution in [3.05, 3.63) is 47.3 Å². The number of amides is 1. The van der Waals surface area contributed by atoms with E-state index >= 15 is 0 Å². The predicted molar refractivity (Wildman–Crippen MR) is 105 cm³/mol. The van der Waals surface area contributed by atoms with Gasteiger partial charge in [-0.05, 0) is 38.8 Å². The van der Waals surface area contributed by atoms with E-state index in [1.54, 1.807) is 24.3 Å². The molecule has 0 radical (unpaired) electrons. The van der Waals surface area contributed by atoms with Crippen LogP contribution in [0.1, 0.15) is 46.3 Å². The number of nitrogens with zero attached hydrogens (tertiary/aromatic N) is 3. The number of hydrogen-bond acceptors (Lipinski definition) is 6. The molecule has 2 N–H and O–H groups in total. The fraction of sp³-hybridized carbons (Fsp3) is 0.400. The molecule has 1 aromatic carbocycles. The van der Waals surface area contributed by atoms with Crippen molar-refractivity contribution >= 4 is 23.3 Å². The molecule has 2 aromatic rings. The van der Waals surface area contributed by atoms with Crippen LogP contribution in [0.15, 0.2) is 30.3 Å². The lowest BCUT2D eigenvalue weighted by Crippen LogP contribution is -2.29. The molecule has 142 valence electrons. The maximum Gasteiger partial charge on any atom is 0.251 e. The van der Waals surface area contributed by atoms with Gasteiger partial charge in [-0.3, -0.25) is 9.59 Å². The normalized spacial score (nSPS) is 13.5. The lowest BCUT2D eigenvalue weighted by atomic mass is 10.1. The maximum atomic E-state index is 12.2. The van der Waals surface area contributed by atoms with Crippen LogP contribution in [-0.4, -0.2) is 47.8 Å². The number of aryl methyl sites for hydroxylation is 1. The second-order valence-electron chi connectivity index (χ2n) is 6.67. The third kappa shape index (κ3) is 5.03. The minimum absolute atomic E-state index is 0.0143. The summed E-state index contributed by atoms with van der Waals surface area (Å²) < 4.78 is 0. The highest BCUT2D eigenvalue weighted by atomic mass is 16.1. The fourth-order valence-corrected chi connectivity index (χ4v) is 3.08. The first-order valence-corrected chi connectivity index (χ1v) is 9.26. The Kier molecular flexibility index (Phi) is 6.01. The topological polar surface area (TPSA) is 87.2 Å². The molecule has 1 aliphatic heterocycles. The van der Waals surface area contributed by atoms with Gasteiger partial charge in [0, 0.05) is 43.4 Å². The van der Waals surface area contributed by atoms with Gasteiger partial charge in [0.05, 0.1) is 0 Å². The molecule has 0 unspecified atom stereocenters. The second kappa shape index (κ2) is 8.62. The van der Waals surface area contributed by atoms with Crippen molar-refractivity contribution in [3.63, 3.8) is 0 Å².